The van der Waals surface area contributed by atoms with E-state index in [1.54, 1.807) is 24.4 Å². The van der Waals surface area contributed by atoms with Crippen molar-refractivity contribution in [3.8, 4) is 11.4 Å². The summed E-state index contributed by atoms with van der Waals surface area (Å²) in [5.41, 5.74) is 0.112. The van der Waals surface area contributed by atoms with Crippen LogP contribution in [0.3, 0.4) is 0 Å². The van der Waals surface area contributed by atoms with Gasteiger partial charge in [0.15, 0.2) is 0 Å². The molecule has 0 aliphatic heterocycles. The number of benzene rings is 1. The highest BCUT2D eigenvalue weighted by Gasteiger charge is 2.33. The molecule has 0 unspecified atom stereocenters. The van der Waals surface area contributed by atoms with Gasteiger partial charge in [-0.1, -0.05) is 18.2 Å². The van der Waals surface area contributed by atoms with Crippen molar-refractivity contribution in [2.24, 2.45) is 0 Å². The second kappa shape index (κ2) is 8.66. The van der Waals surface area contributed by atoms with Gasteiger partial charge in [0.25, 0.3) is 0 Å². The zero-order valence-electron chi connectivity index (χ0n) is 14.7. The van der Waals surface area contributed by atoms with E-state index in [9.17, 15) is 13.2 Å². The predicted octanol–water partition coefficient (Wildman–Crippen LogP) is 4.10. The number of pyridine rings is 1. The van der Waals surface area contributed by atoms with Crippen LogP contribution in [0.1, 0.15) is 12.0 Å². The molecular formula is C19H18F3N5O. The molecule has 3 rings (SSSR count). The van der Waals surface area contributed by atoms with Gasteiger partial charge in [-0.05, 0) is 30.7 Å². The first kappa shape index (κ1) is 19.6. The molecule has 6 nitrogen and oxygen atoms in total. The summed E-state index contributed by atoms with van der Waals surface area (Å²) in [5, 5.41) is 14.6. The van der Waals surface area contributed by atoms with Gasteiger partial charge in [0, 0.05) is 25.4 Å². The van der Waals surface area contributed by atoms with Crippen molar-refractivity contribution in [1.82, 2.24) is 15.0 Å². The monoisotopic (exact) mass is 389 g/mol. The van der Waals surface area contributed by atoms with Crippen LogP contribution in [0.2, 0.25) is 0 Å². The maximum atomic E-state index is 13.3. The summed E-state index contributed by atoms with van der Waals surface area (Å²) in [6, 6.07) is 12.0. The van der Waals surface area contributed by atoms with Crippen LogP contribution in [-0.4, -0.2) is 33.2 Å². The van der Waals surface area contributed by atoms with Crippen LogP contribution in [0, 0.1) is 0 Å². The van der Waals surface area contributed by atoms with Gasteiger partial charge in [0.2, 0.25) is 5.95 Å². The Morgan fingerprint density at radius 2 is 1.75 bits per heavy atom. The highest BCUT2D eigenvalue weighted by atomic mass is 19.4. The number of hydrogen-bond donors (Lipinski definition) is 3. The largest absolute Gasteiger partial charge is 0.418 e. The first-order valence-corrected chi connectivity index (χ1v) is 8.56. The van der Waals surface area contributed by atoms with Crippen LogP contribution in [0.5, 0.6) is 0 Å². The zero-order chi connectivity index (χ0) is 20.0. The fraction of sp³-hybridized carbons (Fsp3) is 0.211. The molecule has 0 saturated heterocycles. The second-order valence-electron chi connectivity index (χ2n) is 5.85. The van der Waals surface area contributed by atoms with Crippen LogP contribution in [0.25, 0.3) is 11.4 Å². The molecule has 2 aromatic heterocycles. The van der Waals surface area contributed by atoms with Gasteiger partial charge in [-0.2, -0.15) is 18.2 Å². The molecule has 0 atom stereocenters. The van der Waals surface area contributed by atoms with Crippen LogP contribution >= 0.6 is 0 Å². The minimum atomic E-state index is -4.50. The highest BCUT2D eigenvalue weighted by Crippen LogP contribution is 2.36. The third kappa shape index (κ3) is 4.95. The Bertz CT molecular complexity index is 919. The number of nitrogens with zero attached hydrogens (tertiary/aromatic N) is 3. The third-order valence-corrected chi connectivity index (χ3v) is 3.77. The lowest BCUT2D eigenvalue weighted by Crippen LogP contribution is -2.11. The fourth-order valence-corrected chi connectivity index (χ4v) is 2.49. The minimum Gasteiger partial charge on any atom is -0.396 e. The fourth-order valence-electron chi connectivity index (χ4n) is 2.49. The van der Waals surface area contributed by atoms with Crippen LogP contribution < -0.4 is 10.6 Å². The number of nitrogens with one attached hydrogen (secondary N) is 2. The van der Waals surface area contributed by atoms with Crippen molar-refractivity contribution in [3.05, 3.63) is 60.3 Å². The van der Waals surface area contributed by atoms with Gasteiger partial charge >= 0.3 is 6.18 Å². The van der Waals surface area contributed by atoms with Gasteiger partial charge < -0.3 is 15.7 Å². The van der Waals surface area contributed by atoms with Crippen molar-refractivity contribution in [3.63, 3.8) is 0 Å². The van der Waals surface area contributed by atoms with E-state index < -0.39 is 11.7 Å². The lowest BCUT2D eigenvalue weighted by molar-refractivity contribution is -0.136. The van der Waals surface area contributed by atoms with Gasteiger partial charge in [-0.3, -0.25) is 4.98 Å². The Kier molecular flexibility index (Phi) is 6.05. The number of hydrogen-bond acceptors (Lipinski definition) is 6. The van der Waals surface area contributed by atoms with E-state index in [2.05, 4.69) is 25.6 Å². The number of anilines is 3. The van der Waals surface area contributed by atoms with E-state index in [4.69, 9.17) is 5.11 Å². The number of halogens is 3. The Labute approximate surface area is 159 Å². The van der Waals surface area contributed by atoms with Crippen molar-refractivity contribution in [1.29, 1.82) is 0 Å². The van der Waals surface area contributed by atoms with E-state index in [-0.39, 0.29) is 24.1 Å². The van der Waals surface area contributed by atoms with Gasteiger partial charge in [0.1, 0.15) is 5.82 Å². The molecule has 3 aromatic rings. The van der Waals surface area contributed by atoms with E-state index >= 15 is 0 Å². The summed E-state index contributed by atoms with van der Waals surface area (Å²) < 4.78 is 39.8. The molecule has 3 N–H and O–H groups in total. The molecule has 9 heteroatoms. The molecule has 0 spiro atoms. The topological polar surface area (TPSA) is 83.0 Å². The van der Waals surface area contributed by atoms with Crippen LogP contribution in [-0.2, 0) is 6.18 Å². The standard InChI is InChI=1S/C19H18F3N5O/c20-19(21,22)13-6-1-2-7-14(13)25-17-12-16(15-8-3-4-9-23-15)26-18(27-17)24-10-5-11-28/h1-4,6-9,12,28H,5,10-11H2,(H2,24,25,26,27). The number of rotatable bonds is 7. The predicted molar refractivity (Wildman–Crippen MR) is 100 cm³/mol. The van der Waals surface area contributed by atoms with E-state index in [1.807, 2.05) is 0 Å². The van der Waals surface area contributed by atoms with Crippen molar-refractivity contribution in [2.45, 2.75) is 12.6 Å². The summed E-state index contributed by atoms with van der Waals surface area (Å²) >= 11 is 0. The molecule has 0 bridgehead atoms. The van der Waals surface area contributed by atoms with Crippen LogP contribution in [0.15, 0.2) is 54.7 Å². The molecule has 0 aliphatic rings. The summed E-state index contributed by atoms with van der Waals surface area (Å²) in [4.78, 5) is 12.8. The quantitative estimate of drug-likeness (QED) is 0.528. The van der Waals surface area contributed by atoms with Gasteiger partial charge in [0.05, 0.1) is 22.6 Å². The molecule has 0 fully saturated rings. The normalized spacial score (nSPS) is 11.3. The van der Waals surface area contributed by atoms with Gasteiger partial charge in [-0.15, -0.1) is 0 Å². The molecular weight excluding hydrogens is 371 g/mol. The number of aromatic nitrogens is 3. The zero-order valence-corrected chi connectivity index (χ0v) is 14.7. The van der Waals surface area contributed by atoms with Crippen molar-refractivity contribution < 1.29 is 18.3 Å². The minimum absolute atomic E-state index is 0.00298. The highest BCUT2D eigenvalue weighted by molar-refractivity contribution is 5.67. The number of aliphatic hydroxyl groups is 1. The molecule has 0 saturated carbocycles. The Balaban J connectivity index is 1.97. The first-order chi connectivity index (χ1) is 13.5. The molecule has 1 aromatic carbocycles. The first-order valence-electron chi connectivity index (χ1n) is 8.56. The smallest absolute Gasteiger partial charge is 0.396 e. The summed E-state index contributed by atoms with van der Waals surface area (Å²) in [6.07, 6.45) is -2.41. The van der Waals surface area contributed by atoms with Crippen molar-refractivity contribution >= 4 is 17.5 Å². The van der Waals surface area contributed by atoms with E-state index in [0.717, 1.165) is 6.07 Å². The average molecular weight is 389 g/mol. The Morgan fingerprint density at radius 3 is 2.46 bits per heavy atom. The molecule has 0 radical (unpaired) electrons. The third-order valence-electron chi connectivity index (χ3n) is 3.77. The maximum Gasteiger partial charge on any atom is 0.418 e. The second-order valence-corrected chi connectivity index (χ2v) is 5.85. The summed E-state index contributed by atoms with van der Waals surface area (Å²) in [6.45, 7) is 0.414. The molecule has 146 valence electrons. The Hall–Kier alpha value is -3.20. The lowest BCUT2D eigenvalue weighted by atomic mass is 10.1. The number of alkyl halides is 3. The molecule has 0 amide bonds. The number of para-hydroxylation sites is 1. The summed E-state index contributed by atoms with van der Waals surface area (Å²) in [5.74, 6) is 0.419. The maximum absolute atomic E-state index is 13.3. The average Bonchev–Trinajstić information content (AvgIpc) is 2.68. The number of aliphatic hydroxyl groups excluding tert-OH is 1. The van der Waals surface area contributed by atoms with E-state index in [0.29, 0.717) is 24.4 Å². The van der Waals surface area contributed by atoms with Crippen LogP contribution in [0.4, 0.5) is 30.6 Å². The molecule has 28 heavy (non-hydrogen) atoms. The molecule has 0 aliphatic carbocycles. The summed E-state index contributed by atoms with van der Waals surface area (Å²) in [7, 11) is 0. The van der Waals surface area contributed by atoms with Crippen molar-refractivity contribution in [2.75, 3.05) is 23.8 Å². The Morgan fingerprint density at radius 1 is 0.964 bits per heavy atom. The van der Waals surface area contributed by atoms with E-state index in [1.165, 1.54) is 24.3 Å². The SMILES string of the molecule is OCCCNc1nc(Nc2ccccc2C(F)(F)F)cc(-c2ccccn2)n1. The molecule has 2 heterocycles. The lowest BCUT2D eigenvalue weighted by Gasteiger charge is -2.15. The van der Waals surface area contributed by atoms with Gasteiger partial charge in [-0.25, -0.2) is 4.98 Å².